The number of amides is 1. The zero-order valence-corrected chi connectivity index (χ0v) is 14.6. The van der Waals surface area contributed by atoms with Crippen LogP contribution in [0.25, 0.3) is 0 Å². The Bertz CT molecular complexity index is 803. The van der Waals surface area contributed by atoms with Crippen molar-refractivity contribution in [3.63, 3.8) is 0 Å². The molecule has 0 bridgehead atoms. The van der Waals surface area contributed by atoms with Crippen LogP contribution in [-0.2, 0) is 11.2 Å². The van der Waals surface area contributed by atoms with Crippen LogP contribution in [0.15, 0.2) is 24.3 Å². The summed E-state index contributed by atoms with van der Waals surface area (Å²) >= 11 is 0. The number of methoxy groups -OCH3 is 2. The van der Waals surface area contributed by atoms with Gasteiger partial charge in [-0.05, 0) is 24.1 Å². The minimum atomic E-state index is -1.70. The Kier molecular flexibility index (Phi) is 6.86. The summed E-state index contributed by atoms with van der Waals surface area (Å²) in [7, 11) is 3.00. The van der Waals surface area contributed by atoms with Crippen LogP contribution in [-0.4, -0.2) is 33.3 Å². The maximum Gasteiger partial charge on any atom is 0.257 e. The van der Waals surface area contributed by atoms with Crippen molar-refractivity contribution in [2.75, 3.05) is 27.4 Å². The maximum absolute atomic E-state index is 13.4. The number of nitrogens with one attached hydrogen (secondary N) is 1. The van der Waals surface area contributed by atoms with E-state index in [1.807, 2.05) is 0 Å². The molecule has 2 aromatic carbocycles. The fraction of sp³-hybridized carbons (Fsp3) is 0.278. The highest BCUT2D eigenvalue weighted by atomic mass is 19.2. The SMILES string of the molecule is COc1ccc(CCNC(=O)COc2c(F)c(F)cc(F)c2F)cc1OC. The number of carbonyl (C=O) groups excluding carboxylic acids is 1. The summed E-state index contributed by atoms with van der Waals surface area (Å²) in [5.41, 5.74) is 0.846. The normalized spacial score (nSPS) is 10.4. The van der Waals surface area contributed by atoms with E-state index >= 15 is 0 Å². The summed E-state index contributed by atoms with van der Waals surface area (Å²) < 4.78 is 67.9. The van der Waals surface area contributed by atoms with E-state index in [9.17, 15) is 22.4 Å². The van der Waals surface area contributed by atoms with Crippen molar-refractivity contribution in [3.8, 4) is 17.2 Å². The lowest BCUT2D eigenvalue weighted by Crippen LogP contribution is -2.31. The quantitative estimate of drug-likeness (QED) is 0.559. The van der Waals surface area contributed by atoms with E-state index in [-0.39, 0.29) is 12.6 Å². The van der Waals surface area contributed by atoms with Gasteiger partial charge in [-0.2, -0.15) is 8.78 Å². The molecule has 0 heterocycles. The molecular weight excluding hydrogens is 370 g/mol. The van der Waals surface area contributed by atoms with Crippen molar-refractivity contribution < 1.29 is 36.6 Å². The third kappa shape index (κ3) is 5.02. The molecule has 1 amide bonds. The zero-order chi connectivity index (χ0) is 20.0. The molecule has 0 spiro atoms. The highest BCUT2D eigenvalue weighted by molar-refractivity contribution is 5.77. The molecular formula is C18H17F4NO4. The van der Waals surface area contributed by atoms with Crippen LogP contribution in [0, 0.1) is 23.3 Å². The Morgan fingerprint density at radius 2 is 1.59 bits per heavy atom. The molecule has 0 unspecified atom stereocenters. The van der Waals surface area contributed by atoms with Crippen LogP contribution < -0.4 is 19.5 Å². The number of carbonyl (C=O) groups is 1. The van der Waals surface area contributed by atoms with Gasteiger partial charge >= 0.3 is 0 Å². The lowest BCUT2D eigenvalue weighted by Gasteiger charge is -2.11. The van der Waals surface area contributed by atoms with Gasteiger partial charge in [0.1, 0.15) is 0 Å². The Balaban J connectivity index is 1.87. The van der Waals surface area contributed by atoms with E-state index < -0.39 is 41.5 Å². The van der Waals surface area contributed by atoms with Crippen LogP contribution in [0.1, 0.15) is 5.56 Å². The van der Waals surface area contributed by atoms with E-state index in [1.54, 1.807) is 18.2 Å². The van der Waals surface area contributed by atoms with E-state index in [0.29, 0.717) is 17.9 Å². The fourth-order valence-electron chi connectivity index (χ4n) is 2.25. The number of halogens is 4. The van der Waals surface area contributed by atoms with Gasteiger partial charge in [0.15, 0.2) is 35.5 Å². The Morgan fingerprint density at radius 3 is 2.19 bits per heavy atom. The van der Waals surface area contributed by atoms with Crippen LogP contribution >= 0.6 is 0 Å². The predicted octanol–water partition coefficient (Wildman–Crippen LogP) is 3.00. The van der Waals surface area contributed by atoms with Crippen LogP contribution in [0.5, 0.6) is 17.2 Å². The first kappa shape index (κ1) is 20.3. The molecule has 146 valence electrons. The average molecular weight is 387 g/mol. The molecule has 2 rings (SSSR count). The standard InChI is InChI=1S/C18H17F4NO4/c1-25-13-4-3-10(7-14(13)26-2)5-6-23-15(24)9-27-18-16(21)11(19)8-12(20)17(18)22/h3-4,7-8H,5-6,9H2,1-2H3,(H,23,24). The van der Waals surface area contributed by atoms with Crippen molar-refractivity contribution in [1.82, 2.24) is 5.32 Å². The summed E-state index contributed by atoms with van der Waals surface area (Å²) in [4.78, 5) is 11.7. The summed E-state index contributed by atoms with van der Waals surface area (Å²) in [5.74, 6) is -7.52. The molecule has 0 aliphatic rings. The van der Waals surface area contributed by atoms with Gasteiger partial charge in [0.05, 0.1) is 14.2 Å². The van der Waals surface area contributed by atoms with Crippen LogP contribution in [0.4, 0.5) is 17.6 Å². The van der Waals surface area contributed by atoms with Crippen LogP contribution in [0.3, 0.4) is 0 Å². The molecule has 27 heavy (non-hydrogen) atoms. The second-order valence-electron chi connectivity index (χ2n) is 5.38. The average Bonchev–Trinajstić information content (AvgIpc) is 2.66. The fourth-order valence-corrected chi connectivity index (χ4v) is 2.25. The van der Waals surface area contributed by atoms with Gasteiger partial charge in [-0.25, -0.2) is 8.78 Å². The van der Waals surface area contributed by atoms with E-state index in [2.05, 4.69) is 10.1 Å². The Labute approximate surface area is 152 Å². The Hall–Kier alpha value is -2.97. The molecule has 0 aliphatic heterocycles. The van der Waals surface area contributed by atoms with Gasteiger partial charge in [0, 0.05) is 12.6 Å². The van der Waals surface area contributed by atoms with Gasteiger partial charge in [0.2, 0.25) is 11.6 Å². The molecule has 0 aliphatic carbocycles. The predicted molar refractivity (Wildman–Crippen MR) is 88.0 cm³/mol. The van der Waals surface area contributed by atoms with E-state index in [1.165, 1.54) is 14.2 Å². The highest BCUT2D eigenvalue weighted by Crippen LogP contribution is 2.28. The third-order valence-corrected chi connectivity index (χ3v) is 3.60. The molecule has 1 N–H and O–H groups in total. The lowest BCUT2D eigenvalue weighted by atomic mass is 10.1. The molecule has 0 fully saturated rings. The monoisotopic (exact) mass is 387 g/mol. The summed E-state index contributed by atoms with van der Waals surface area (Å²) in [5, 5.41) is 2.47. The first-order chi connectivity index (χ1) is 12.9. The van der Waals surface area contributed by atoms with Gasteiger partial charge < -0.3 is 19.5 Å². The van der Waals surface area contributed by atoms with Gasteiger partial charge in [0.25, 0.3) is 5.91 Å². The number of benzene rings is 2. The molecule has 0 radical (unpaired) electrons. The van der Waals surface area contributed by atoms with Crippen molar-refractivity contribution in [1.29, 1.82) is 0 Å². The number of hydrogen-bond acceptors (Lipinski definition) is 4. The molecule has 2 aromatic rings. The number of rotatable bonds is 8. The molecule has 0 aromatic heterocycles. The Morgan fingerprint density at radius 1 is 0.963 bits per heavy atom. The zero-order valence-electron chi connectivity index (χ0n) is 14.6. The molecule has 9 heteroatoms. The summed E-state index contributed by atoms with van der Waals surface area (Å²) in [6.45, 7) is -0.608. The third-order valence-electron chi connectivity index (χ3n) is 3.60. The van der Waals surface area contributed by atoms with E-state index in [0.717, 1.165) is 5.56 Å². The second-order valence-corrected chi connectivity index (χ2v) is 5.38. The van der Waals surface area contributed by atoms with Gasteiger partial charge in [-0.15, -0.1) is 0 Å². The largest absolute Gasteiger partial charge is 0.493 e. The van der Waals surface area contributed by atoms with E-state index in [4.69, 9.17) is 9.47 Å². The van der Waals surface area contributed by atoms with Crippen molar-refractivity contribution in [2.45, 2.75) is 6.42 Å². The number of ether oxygens (including phenoxy) is 3. The summed E-state index contributed by atoms with van der Waals surface area (Å²) in [6, 6.07) is 5.29. The minimum Gasteiger partial charge on any atom is -0.493 e. The second kappa shape index (κ2) is 9.11. The molecule has 0 atom stereocenters. The molecule has 0 saturated carbocycles. The van der Waals surface area contributed by atoms with Crippen LogP contribution in [0.2, 0.25) is 0 Å². The van der Waals surface area contributed by atoms with Crippen molar-refractivity contribution >= 4 is 5.91 Å². The lowest BCUT2D eigenvalue weighted by molar-refractivity contribution is -0.123. The maximum atomic E-state index is 13.4. The highest BCUT2D eigenvalue weighted by Gasteiger charge is 2.21. The first-order valence-corrected chi connectivity index (χ1v) is 7.80. The molecule has 5 nitrogen and oxygen atoms in total. The topological polar surface area (TPSA) is 56.8 Å². The van der Waals surface area contributed by atoms with Crippen molar-refractivity contribution in [3.05, 3.63) is 53.1 Å². The first-order valence-electron chi connectivity index (χ1n) is 7.80. The van der Waals surface area contributed by atoms with Crippen molar-refractivity contribution in [2.24, 2.45) is 0 Å². The van der Waals surface area contributed by atoms with Gasteiger partial charge in [-0.3, -0.25) is 4.79 Å². The molecule has 0 saturated heterocycles. The van der Waals surface area contributed by atoms with Gasteiger partial charge in [-0.1, -0.05) is 6.07 Å². The smallest absolute Gasteiger partial charge is 0.257 e. The number of hydrogen-bond donors (Lipinski definition) is 1. The minimum absolute atomic E-state index is 0.0563. The summed E-state index contributed by atoms with van der Waals surface area (Å²) in [6.07, 6.45) is 0.434.